The van der Waals surface area contributed by atoms with E-state index in [9.17, 15) is 16.8 Å². The quantitative estimate of drug-likeness (QED) is 0.777. The van der Waals surface area contributed by atoms with E-state index >= 15 is 0 Å². The first-order chi connectivity index (χ1) is 9.19. The van der Waals surface area contributed by atoms with Crippen molar-refractivity contribution < 1.29 is 16.8 Å². The summed E-state index contributed by atoms with van der Waals surface area (Å²) in [5.74, 6) is -0.324. The average molecular weight is 317 g/mol. The third kappa shape index (κ3) is 4.28. The highest BCUT2D eigenvalue weighted by Crippen LogP contribution is 2.09. The zero-order valence-electron chi connectivity index (χ0n) is 11.1. The summed E-state index contributed by atoms with van der Waals surface area (Å²) in [6.45, 7) is -0.219. The second kappa shape index (κ2) is 6.32. The number of hydrogen-bond acceptors (Lipinski definition) is 5. The molecule has 0 radical (unpaired) electrons. The van der Waals surface area contributed by atoms with Crippen LogP contribution in [0.1, 0.15) is 5.56 Å². The Morgan fingerprint density at radius 1 is 1.15 bits per heavy atom. The fourth-order valence-corrected chi connectivity index (χ4v) is 3.17. The number of hydrogen-bond donors (Lipinski definition) is 1. The largest absolute Gasteiger partial charge is 0.240 e. The Kier molecular flexibility index (Phi) is 5.24. The van der Waals surface area contributed by atoms with Crippen LogP contribution < -0.4 is 4.72 Å². The molecule has 0 aliphatic heterocycles. The summed E-state index contributed by atoms with van der Waals surface area (Å²) in [4.78, 5) is -0.0150. The lowest BCUT2D eigenvalue weighted by Crippen LogP contribution is -2.33. The van der Waals surface area contributed by atoms with Gasteiger partial charge in [-0.1, -0.05) is 0 Å². The number of rotatable bonds is 6. The van der Waals surface area contributed by atoms with Gasteiger partial charge in [0.2, 0.25) is 20.0 Å². The lowest BCUT2D eigenvalue weighted by Gasteiger charge is -2.11. The Balaban J connectivity index is 2.74. The molecule has 110 valence electrons. The van der Waals surface area contributed by atoms with Crippen molar-refractivity contribution in [2.75, 3.05) is 26.4 Å². The van der Waals surface area contributed by atoms with Crippen molar-refractivity contribution in [2.24, 2.45) is 0 Å². The van der Waals surface area contributed by atoms with Gasteiger partial charge in [0.15, 0.2) is 0 Å². The fraction of sp³-hybridized carbons (Fsp3) is 0.364. The van der Waals surface area contributed by atoms with Crippen LogP contribution in [0.15, 0.2) is 29.2 Å². The first-order valence-corrected chi connectivity index (χ1v) is 8.68. The monoisotopic (exact) mass is 317 g/mol. The van der Waals surface area contributed by atoms with Crippen LogP contribution in [0.3, 0.4) is 0 Å². The highest BCUT2D eigenvalue weighted by atomic mass is 32.2. The van der Waals surface area contributed by atoms with Gasteiger partial charge in [-0.3, -0.25) is 0 Å². The summed E-state index contributed by atoms with van der Waals surface area (Å²) < 4.78 is 50.0. The van der Waals surface area contributed by atoms with Crippen LogP contribution in [0.2, 0.25) is 0 Å². The maximum atomic E-state index is 11.9. The van der Waals surface area contributed by atoms with Crippen molar-refractivity contribution in [3.8, 4) is 6.07 Å². The van der Waals surface area contributed by atoms with E-state index in [0.29, 0.717) is 5.56 Å². The van der Waals surface area contributed by atoms with Crippen molar-refractivity contribution in [1.82, 2.24) is 9.03 Å². The van der Waals surface area contributed by atoms with E-state index in [1.807, 2.05) is 6.07 Å². The van der Waals surface area contributed by atoms with Crippen molar-refractivity contribution in [2.45, 2.75) is 4.90 Å². The normalized spacial score (nSPS) is 12.3. The van der Waals surface area contributed by atoms with Crippen molar-refractivity contribution in [3.63, 3.8) is 0 Å². The van der Waals surface area contributed by atoms with Gasteiger partial charge in [-0.15, -0.1) is 0 Å². The van der Waals surface area contributed by atoms with Crippen LogP contribution in [-0.4, -0.2) is 47.5 Å². The Morgan fingerprint density at radius 2 is 1.70 bits per heavy atom. The number of benzene rings is 1. The molecule has 9 heteroatoms. The van der Waals surface area contributed by atoms with Crippen molar-refractivity contribution in [3.05, 3.63) is 29.8 Å². The molecule has 7 nitrogen and oxygen atoms in total. The third-order valence-corrected chi connectivity index (χ3v) is 5.81. The number of nitriles is 1. The molecular weight excluding hydrogens is 302 g/mol. The summed E-state index contributed by atoms with van der Waals surface area (Å²) in [7, 11) is -4.47. The minimum absolute atomic E-state index is 0.0150. The van der Waals surface area contributed by atoms with Gasteiger partial charge in [0, 0.05) is 20.6 Å². The topological polar surface area (TPSA) is 107 Å². The number of nitrogens with one attached hydrogen (secondary N) is 1. The Morgan fingerprint density at radius 3 is 2.15 bits per heavy atom. The standard InChI is InChI=1S/C11H15N3O4S2/c1-14(2)19(15,16)8-7-13-20(17,18)11-5-3-10(9-12)4-6-11/h3-6,13H,7-8H2,1-2H3. The second-order valence-corrected chi connectivity index (χ2v) is 8.20. The molecule has 20 heavy (non-hydrogen) atoms. The van der Waals surface area contributed by atoms with Gasteiger partial charge in [-0.25, -0.2) is 25.9 Å². The van der Waals surface area contributed by atoms with Gasteiger partial charge in [0.1, 0.15) is 0 Å². The van der Waals surface area contributed by atoms with E-state index in [1.165, 1.54) is 38.4 Å². The molecule has 1 rings (SSSR count). The lowest BCUT2D eigenvalue weighted by molar-refractivity contribution is 0.519. The van der Waals surface area contributed by atoms with Crippen LogP contribution >= 0.6 is 0 Å². The Hall–Kier alpha value is -1.47. The molecular formula is C11H15N3O4S2. The summed E-state index contributed by atoms with van der Waals surface area (Å²) in [6.07, 6.45) is 0. The van der Waals surface area contributed by atoms with E-state index in [2.05, 4.69) is 4.72 Å². The molecule has 0 bridgehead atoms. The van der Waals surface area contributed by atoms with Gasteiger partial charge < -0.3 is 0 Å². The lowest BCUT2D eigenvalue weighted by atomic mass is 10.2. The van der Waals surface area contributed by atoms with Crippen LogP contribution in [0.25, 0.3) is 0 Å². The highest BCUT2D eigenvalue weighted by Gasteiger charge is 2.17. The molecule has 1 aromatic rings. The molecule has 1 N–H and O–H groups in total. The first kappa shape index (κ1) is 16.6. The summed E-state index contributed by atoms with van der Waals surface area (Å²) in [5.41, 5.74) is 0.346. The molecule has 0 unspecified atom stereocenters. The molecule has 0 fully saturated rings. The van der Waals surface area contributed by atoms with Crippen LogP contribution in [-0.2, 0) is 20.0 Å². The second-order valence-electron chi connectivity index (χ2n) is 4.13. The molecule has 0 aliphatic rings. The first-order valence-electron chi connectivity index (χ1n) is 5.59. The molecule has 0 saturated carbocycles. The summed E-state index contributed by atoms with van der Waals surface area (Å²) in [6, 6.07) is 7.23. The minimum Gasteiger partial charge on any atom is -0.212 e. The minimum atomic E-state index is -3.78. The van der Waals surface area contributed by atoms with Crippen molar-refractivity contribution >= 4 is 20.0 Å². The van der Waals surface area contributed by atoms with Crippen molar-refractivity contribution in [1.29, 1.82) is 5.26 Å². The zero-order chi connectivity index (χ0) is 15.4. The predicted octanol–water partition coefficient (Wildman–Crippen LogP) is -0.272. The molecule has 0 heterocycles. The predicted molar refractivity (Wildman–Crippen MR) is 73.8 cm³/mol. The summed E-state index contributed by atoms with van der Waals surface area (Å²) >= 11 is 0. The van der Waals surface area contributed by atoms with E-state index in [4.69, 9.17) is 5.26 Å². The maximum absolute atomic E-state index is 11.9. The smallest absolute Gasteiger partial charge is 0.212 e. The SMILES string of the molecule is CN(C)S(=O)(=O)CCNS(=O)(=O)c1ccc(C#N)cc1. The van der Waals surface area contributed by atoms with Crippen LogP contribution in [0.5, 0.6) is 0 Å². The van der Waals surface area contributed by atoms with Gasteiger partial charge in [-0.05, 0) is 24.3 Å². The van der Waals surface area contributed by atoms with E-state index in [-0.39, 0.29) is 17.2 Å². The van der Waals surface area contributed by atoms with Gasteiger partial charge in [0.25, 0.3) is 0 Å². The fourth-order valence-electron chi connectivity index (χ4n) is 1.28. The average Bonchev–Trinajstić information content (AvgIpc) is 2.38. The molecule has 0 amide bonds. The van der Waals surface area contributed by atoms with E-state index in [0.717, 1.165) is 4.31 Å². The number of nitrogens with zero attached hydrogens (tertiary/aromatic N) is 2. The number of sulfonamides is 2. The highest BCUT2D eigenvalue weighted by molar-refractivity contribution is 7.90. The van der Waals surface area contributed by atoms with Crippen LogP contribution in [0, 0.1) is 11.3 Å². The van der Waals surface area contributed by atoms with Crippen LogP contribution in [0.4, 0.5) is 0 Å². The van der Waals surface area contributed by atoms with E-state index < -0.39 is 20.0 Å². The molecule has 0 aliphatic carbocycles. The molecule has 0 atom stereocenters. The molecule has 1 aromatic carbocycles. The van der Waals surface area contributed by atoms with Gasteiger partial charge >= 0.3 is 0 Å². The van der Waals surface area contributed by atoms with E-state index in [1.54, 1.807) is 0 Å². The van der Waals surface area contributed by atoms with Gasteiger partial charge in [0.05, 0.1) is 22.3 Å². The molecule has 0 aromatic heterocycles. The third-order valence-electron chi connectivity index (χ3n) is 2.50. The zero-order valence-corrected chi connectivity index (χ0v) is 12.7. The summed E-state index contributed by atoms with van der Waals surface area (Å²) in [5, 5.41) is 8.63. The Labute approximate surface area is 118 Å². The maximum Gasteiger partial charge on any atom is 0.240 e. The van der Waals surface area contributed by atoms with Gasteiger partial charge in [-0.2, -0.15) is 5.26 Å². The Bertz CT molecular complexity index is 701. The molecule has 0 saturated heterocycles. The molecule has 0 spiro atoms.